The number of nitrogens with zero attached hydrogens (tertiary/aromatic N) is 1. The zero-order valence-electron chi connectivity index (χ0n) is 12.2. The second kappa shape index (κ2) is 7.10. The van der Waals surface area contributed by atoms with Gasteiger partial charge in [-0.25, -0.2) is 0 Å². The van der Waals surface area contributed by atoms with Crippen LogP contribution in [0, 0.1) is 0 Å². The van der Waals surface area contributed by atoms with Gasteiger partial charge in [0.15, 0.2) is 0 Å². The number of carbonyl (C=O) groups is 1. The summed E-state index contributed by atoms with van der Waals surface area (Å²) < 4.78 is 0. The van der Waals surface area contributed by atoms with E-state index in [1.807, 2.05) is 6.92 Å². The number of hydrogen-bond donors (Lipinski definition) is 2. The van der Waals surface area contributed by atoms with Crippen molar-refractivity contribution in [1.29, 1.82) is 0 Å². The van der Waals surface area contributed by atoms with Crippen molar-refractivity contribution in [1.82, 2.24) is 10.2 Å². The van der Waals surface area contributed by atoms with Crippen LogP contribution < -0.4 is 11.1 Å². The first-order valence-corrected chi connectivity index (χ1v) is 7.33. The van der Waals surface area contributed by atoms with Gasteiger partial charge in [-0.05, 0) is 19.8 Å². The summed E-state index contributed by atoms with van der Waals surface area (Å²) in [7, 11) is 0. The number of hydrogen-bond acceptors (Lipinski definition) is 3. The minimum absolute atomic E-state index is 0.0415. The van der Waals surface area contributed by atoms with Crippen LogP contribution in [0.5, 0.6) is 0 Å². The van der Waals surface area contributed by atoms with Crippen LogP contribution >= 0.6 is 0 Å². The van der Waals surface area contributed by atoms with Crippen LogP contribution in [0.25, 0.3) is 0 Å². The number of nitrogens with two attached hydrogens (primary N) is 1. The summed E-state index contributed by atoms with van der Waals surface area (Å²) in [5.74, 6) is 0.143. The van der Waals surface area contributed by atoms with E-state index in [2.05, 4.69) is 24.1 Å². The molecule has 0 aliphatic carbocycles. The lowest BCUT2D eigenvalue weighted by Gasteiger charge is -2.50. The third-order valence-corrected chi connectivity index (χ3v) is 3.79. The highest BCUT2D eigenvalue weighted by atomic mass is 16.2. The Kier molecular flexibility index (Phi) is 6.09. The Bertz CT molecular complexity index is 262. The Labute approximate surface area is 111 Å². The van der Waals surface area contributed by atoms with Crippen LogP contribution in [0.1, 0.15) is 52.9 Å². The molecule has 1 aliphatic rings. The van der Waals surface area contributed by atoms with Crippen LogP contribution in [0.3, 0.4) is 0 Å². The van der Waals surface area contributed by atoms with Gasteiger partial charge >= 0.3 is 0 Å². The summed E-state index contributed by atoms with van der Waals surface area (Å²) >= 11 is 0. The van der Waals surface area contributed by atoms with E-state index in [9.17, 15) is 4.79 Å². The van der Waals surface area contributed by atoms with Gasteiger partial charge in [0.1, 0.15) is 0 Å². The average Bonchev–Trinajstić information content (AvgIpc) is 2.30. The average molecular weight is 255 g/mol. The van der Waals surface area contributed by atoms with Gasteiger partial charge in [0.05, 0.1) is 6.04 Å². The zero-order valence-corrected chi connectivity index (χ0v) is 12.2. The van der Waals surface area contributed by atoms with Gasteiger partial charge in [0, 0.05) is 25.2 Å². The summed E-state index contributed by atoms with van der Waals surface area (Å²) in [5, 5.41) is 3.00. The Morgan fingerprint density at radius 2 is 2.00 bits per heavy atom. The number of rotatable bonds is 8. The molecule has 18 heavy (non-hydrogen) atoms. The van der Waals surface area contributed by atoms with Crippen molar-refractivity contribution in [3.05, 3.63) is 0 Å². The molecule has 1 atom stereocenters. The Morgan fingerprint density at radius 1 is 1.33 bits per heavy atom. The first-order valence-electron chi connectivity index (χ1n) is 7.33. The maximum atomic E-state index is 11.9. The number of unbranched alkanes of at least 4 members (excludes halogenated alkanes) is 2. The molecule has 0 bridgehead atoms. The summed E-state index contributed by atoms with van der Waals surface area (Å²) in [6.07, 6.45) is 5.60. The smallest absolute Gasteiger partial charge is 0.237 e. The zero-order chi connectivity index (χ0) is 13.6. The fourth-order valence-corrected chi connectivity index (χ4v) is 2.59. The lowest BCUT2D eigenvalue weighted by molar-refractivity contribution is -0.129. The quantitative estimate of drug-likeness (QED) is 0.646. The van der Waals surface area contributed by atoms with E-state index in [1.54, 1.807) is 0 Å². The van der Waals surface area contributed by atoms with E-state index >= 15 is 0 Å². The van der Waals surface area contributed by atoms with Crippen molar-refractivity contribution < 1.29 is 4.79 Å². The van der Waals surface area contributed by atoms with E-state index in [-0.39, 0.29) is 17.5 Å². The molecular formula is C14H29N3O. The van der Waals surface area contributed by atoms with E-state index in [1.165, 1.54) is 12.8 Å². The van der Waals surface area contributed by atoms with Crippen LogP contribution in [-0.2, 0) is 4.79 Å². The summed E-state index contributed by atoms with van der Waals surface area (Å²) in [6.45, 7) is 8.79. The van der Waals surface area contributed by atoms with Crippen molar-refractivity contribution in [3.8, 4) is 0 Å². The topological polar surface area (TPSA) is 58.4 Å². The van der Waals surface area contributed by atoms with Crippen molar-refractivity contribution in [2.45, 2.75) is 64.5 Å². The van der Waals surface area contributed by atoms with Gasteiger partial charge in [-0.2, -0.15) is 0 Å². The fraction of sp³-hybridized carbons (Fsp3) is 0.929. The highest BCUT2D eigenvalue weighted by molar-refractivity contribution is 5.81. The van der Waals surface area contributed by atoms with Gasteiger partial charge in [0.25, 0.3) is 0 Å². The molecule has 4 heteroatoms. The van der Waals surface area contributed by atoms with E-state index in [4.69, 9.17) is 5.73 Å². The highest BCUT2D eigenvalue weighted by Gasteiger charge is 2.42. The van der Waals surface area contributed by atoms with Crippen LogP contribution in [0.15, 0.2) is 0 Å². The van der Waals surface area contributed by atoms with Crippen molar-refractivity contribution in [2.75, 3.05) is 19.6 Å². The number of amides is 1. The minimum atomic E-state index is -0.0501. The van der Waals surface area contributed by atoms with Crippen LogP contribution in [-0.4, -0.2) is 42.0 Å². The van der Waals surface area contributed by atoms with Crippen molar-refractivity contribution in [3.63, 3.8) is 0 Å². The molecule has 0 aromatic carbocycles. The van der Waals surface area contributed by atoms with Crippen LogP contribution in [0.4, 0.5) is 0 Å². The fourth-order valence-electron chi connectivity index (χ4n) is 2.59. The second-order valence-electron chi connectivity index (χ2n) is 5.69. The van der Waals surface area contributed by atoms with Crippen molar-refractivity contribution in [2.24, 2.45) is 5.73 Å². The molecule has 0 spiro atoms. The second-order valence-corrected chi connectivity index (χ2v) is 5.69. The predicted octanol–water partition coefficient (Wildman–Crippen LogP) is 1.49. The summed E-state index contributed by atoms with van der Waals surface area (Å²) in [5.41, 5.74) is 6.16. The van der Waals surface area contributed by atoms with Gasteiger partial charge < -0.3 is 11.1 Å². The predicted molar refractivity (Wildman–Crippen MR) is 75.4 cm³/mol. The number of carbonyl (C=O) groups excluding carboxylic acids is 1. The Hall–Kier alpha value is -0.610. The summed E-state index contributed by atoms with van der Waals surface area (Å²) in [4.78, 5) is 14.1. The molecule has 1 amide bonds. The number of nitrogens with one attached hydrogen (secondary N) is 1. The first-order chi connectivity index (χ1) is 8.52. The molecule has 1 saturated heterocycles. The molecule has 0 radical (unpaired) electrons. The Morgan fingerprint density at radius 3 is 2.56 bits per heavy atom. The van der Waals surface area contributed by atoms with Gasteiger partial charge in [-0.3, -0.25) is 9.69 Å². The molecule has 1 heterocycles. The molecule has 1 fully saturated rings. The SMILES string of the molecule is CCCCCNC(=O)C(C)N1CC(N)(CCC)C1. The molecule has 3 N–H and O–H groups in total. The normalized spacial score (nSPS) is 20.2. The third kappa shape index (κ3) is 4.25. The van der Waals surface area contributed by atoms with E-state index < -0.39 is 0 Å². The maximum Gasteiger partial charge on any atom is 0.237 e. The number of likely N-dealkylation sites (tertiary alicyclic amines) is 1. The van der Waals surface area contributed by atoms with E-state index in [0.29, 0.717) is 0 Å². The molecular weight excluding hydrogens is 226 g/mol. The molecule has 1 aliphatic heterocycles. The first kappa shape index (κ1) is 15.4. The maximum absolute atomic E-state index is 11.9. The summed E-state index contributed by atoms with van der Waals surface area (Å²) in [6, 6.07) is -0.0415. The standard InChI is InChI=1S/C14H29N3O/c1-4-6-7-9-16-13(18)12(3)17-10-14(15,11-17)8-5-2/h12H,4-11,15H2,1-3H3,(H,16,18). The molecule has 4 nitrogen and oxygen atoms in total. The van der Waals surface area contributed by atoms with Crippen LogP contribution in [0.2, 0.25) is 0 Å². The lowest BCUT2D eigenvalue weighted by Crippen LogP contribution is -2.70. The van der Waals surface area contributed by atoms with E-state index in [0.717, 1.165) is 38.9 Å². The van der Waals surface area contributed by atoms with Gasteiger partial charge in [-0.15, -0.1) is 0 Å². The molecule has 106 valence electrons. The monoisotopic (exact) mass is 255 g/mol. The van der Waals surface area contributed by atoms with Gasteiger partial charge in [0.2, 0.25) is 5.91 Å². The molecule has 0 aromatic heterocycles. The van der Waals surface area contributed by atoms with Crippen molar-refractivity contribution >= 4 is 5.91 Å². The third-order valence-electron chi connectivity index (χ3n) is 3.79. The highest BCUT2D eigenvalue weighted by Crippen LogP contribution is 2.25. The molecule has 0 aromatic rings. The lowest BCUT2D eigenvalue weighted by atomic mass is 9.85. The molecule has 0 saturated carbocycles. The van der Waals surface area contributed by atoms with Gasteiger partial charge in [-0.1, -0.05) is 33.1 Å². The minimum Gasteiger partial charge on any atom is -0.355 e. The Balaban J connectivity index is 2.21. The molecule has 1 unspecified atom stereocenters. The largest absolute Gasteiger partial charge is 0.355 e. The molecule has 1 rings (SSSR count).